The first kappa shape index (κ1) is 15.3. The molecule has 3 N–H and O–H groups in total. The lowest BCUT2D eigenvalue weighted by Crippen LogP contribution is -2.27. The number of benzene rings is 1. The van der Waals surface area contributed by atoms with Crippen LogP contribution in [0, 0.1) is 10.1 Å². The second kappa shape index (κ2) is 6.28. The van der Waals surface area contributed by atoms with Crippen molar-refractivity contribution in [3.8, 4) is 0 Å². The molecule has 3 rings (SSSR count). The average molecular weight is 327 g/mol. The third kappa shape index (κ3) is 2.97. The van der Waals surface area contributed by atoms with Gasteiger partial charge in [0.15, 0.2) is 11.5 Å². The lowest BCUT2D eigenvalue weighted by Gasteiger charge is -2.06. The third-order valence-electron chi connectivity index (χ3n) is 3.41. The van der Waals surface area contributed by atoms with Crippen LogP contribution in [-0.4, -0.2) is 36.9 Å². The smallest absolute Gasteiger partial charge is 0.269 e. The van der Waals surface area contributed by atoms with Crippen LogP contribution in [0.25, 0.3) is 11.2 Å². The maximum Gasteiger partial charge on any atom is 0.269 e. The van der Waals surface area contributed by atoms with Crippen LogP contribution in [0.5, 0.6) is 0 Å². The van der Waals surface area contributed by atoms with E-state index in [0.717, 1.165) is 0 Å². The Morgan fingerprint density at radius 1 is 1.25 bits per heavy atom. The standard InChI is InChI=1S/C14H13N7O3/c15-12-11-13(18-7-17-12)20(8-19-11)6-5-16-14(22)9-1-3-10(4-2-9)21(23)24/h1-4,7-8H,5-6H2,(H,16,22)(H2,15,17,18). The second-order valence-electron chi connectivity index (χ2n) is 4.93. The molecule has 10 nitrogen and oxygen atoms in total. The zero-order valence-corrected chi connectivity index (χ0v) is 12.4. The van der Waals surface area contributed by atoms with E-state index < -0.39 is 4.92 Å². The Labute approximate surface area is 135 Å². The van der Waals surface area contributed by atoms with E-state index >= 15 is 0 Å². The van der Waals surface area contributed by atoms with Gasteiger partial charge < -0.3 is 15.6 Å². The lowest BCUT2D eigenvalue weighted by atomic mass is 10.2. The first-order valence-electron chi connectivity index (χ1n) is 7.00. The molecule has 0 aliphatic rings. The van der Waals surface area contributed by atoms with Gasteiger partial charge in [0.05, 0.1) is 11.3 Å². The molecule has 0 fully saturated rings. The highest BCUT2D eigenvalue weighted by atomic mass is 16.6. The average Bonchev–Trinajstić information content (AvgIpc) is 2.99. The summed E-state index contributed by atoms with van der Waals surface area (Å²) in [4.78, 5) is 34.2. The normalized spacial score (nSPS) is 10.7. The molecule has 0 aliphatic carbocycles. The molecular formula is C14H13N7O3. The number of nitro benzene ring substituents is 1. The Bertz CT molecular complexity index is 904. The van der Waals surface area contributed by atoms with Gasteiger partial charge in [0, 0.05) is 30.8 Å². The molecule has 0 saturated heterocycles. The van der Waals surface area contributed by atoms with Crippen molar-refractivity contribution in [2.45, 2.75) is 6.54 Å². The molecule has 1 amide bonds. The molecule has 0 unspecified atom stereocenters. The van der Waals surface area contributed by atoms with Crippen LogP contribution in [0.15, 0.2) is 36.9 Å². The topological polar surface area (TPSA) is 142 Å². The fraction of sp³-hybridized carbons (Fsp3) is 0.143. The minimum atomic E-state index is -0.514. The molecule has 0 bridgehead atoms. The predicted molar refractivity (Wildman–Crippen MR) is 85.2 cm³/mol. The van der Waals surface area contributed by atoms with E-state index in [0.29, 0.717) is 35.6 Å². The van der Waals surface area contributed by atoms with Gasteiger partial charge in [-0.1, -0.05) is 0 Å². The fourth-order valence-corrected chi connectivity index (χ4v) is 2.19. The summed E-state index contributed by atoms with van der Waals surface area (Å²) in [6.07, 6.45) is 2.93. The molecule has 122 valence electrons. The predicted octanol–water partition coefficient (Wildman–Crippen LogP) is 0.747. The number of nitro groups is 1. The second-order valence-corrected chi connectivity index (χ2v) is 4.93. The minimum absolute atomic E-state index is 0.0614. The highest BCUT2D eigenvalue weighted by Crippen LogP contribution is 2.14. The minimum Gasteiger partial charge on any atom is -0.382 e. The number of aromatic nitrogens is 4. The zero-order valence-electron chi connectivity index (χ0n) is 12.4. The van der Waals surface area contributed by atoms with Gasteiger partial charge in [-0.3, -0.25) is 14.9 Å². The van der Waals surface area contributed by atoms with Crippen LogP contribution in [-0.2, 0) is 6.54 Å². The van der Waals surface area contributed by atoms with Crippen molar-refractivity contribution in [3.63, 3.8) is 0 Å². The van der Waals surface area contributed by atoms with Crippen molar-refractivity contribution in [3.05, 3.63) is 52.6 Å². The molecule has 24 heavy (non-hydrogen) atoms. The van der Waals surface area contributed by atoms with Gasteiger partial charge >= 0.3 is 0 Å². The number of hydrogen-bond donors (Lipinski definition) is 2. The number of non-ortho nitro benzene ring substituents is 1. The number of hydrogen-bond acceptors (Lipinski definition) is 7. The van der Waals surface area contributed by atoms with E-state index in [-0.39, 0.29) is 11.6 Å². The quantitative estimate of drug-likeness (QED) is 0.520. The van der Waals surface area contributed by atoms with Gasteiger partial charge in [0.25, 0.3) is 11.6 Å². The Morgan fingerprint density at radius 2 is 2.00 bits per heavy atom. The van der Waals surface area contributed by atoms with Crippen molar-refractivity contribution >= 4 is 28.6 Å². The molecule has 0 aliphatic heterocycles. The number of anilines is 1. The van der Waals surface area contributed by atoms with Gasteiger partial charge in [-0.05, 0) is 12.1 Å². The summed E-state index contributed by atoms with van der Waals surface area (Å²) >= 11 is 0. The zero-order chi connectivity index (χ0) is 17.1. The monoisotopic (exact) mass is 327 g/mol. The number of nitrogens with two attached hydrogens (primary N) is 1. The Hall–Kier alpha value is -3.56. The maximum atomic E-state index is 12.0. The number of nitrogen functional groups attached to an aromatic ring is 1. The molecule has 0 spiro atoms. The third-order valence-corrected chi connectivity index (χ3v) is 3.41. The highest BCUT2D eigenvalue weighted by Gasteiger charge is 2.10. The van der Waals surface area contributed by atoms with Gasteiger partial charge in [0.2, 0.25) is 0 Å². The molecule has 0 saturated carbocycles. The number of nitrogens with zero attached hydrogens (tertiary/aromatic N) is 5. The molecule has 0 atom stereocenters. The summed E-state index contributed by atoms with van der Waals surface area (Å²) < 4.78 is 1.75. The van der Waals surface area contributed by atoms with Crippen LogP contribution >= 0.6 is 0 Å². The Kier molecular flexibility index (Phi) is 4.01. The number of nitrogens with one attached hydrogen (secondary N) is 1. The largest absolute Gasteiger partial charge is 0.382 e. The Morgan fingerprint density at radius 3 is 2.71 bits per heavy atom. The van der Waals surface area contributed by atoms with Crippen LogP contribution in [0.3, 0.4) is 0 Å². The van der Waals surface area contributed by atoms with E-state index in [9.17, 15) is 14.9 Å². The summed E-state index contributed by atoms with van der Waals surface area (Å²) in [6.45, 7) is 0.789. The maximum absolute atomic E-state index is 12.0. The van der Waals surface area contributed by atoms with Crippen molar-refractivity contribution in [1.29, 1.82) is 0 Å². The summed E-state index contributed by atoms with van der Waals surface area (Å²) in [5, 5.41) is 13.3. The molecule has 10 heteroatoms. The Balaban J connectivity index is 1.62. The van der Waals surface area contributed by atoms with E-state index in [4.69, 9.17) is 5.73 Å². The molecular weight excluding hydrogens is 314 g/mol. The fourth-order valence-electron chi connectivity index (χ4n) is 2.19. The first-order valence-corrected chi connectivity index (χ1v) is 7.00. The van der Waals surface area contributed by atoms with Gasteiger partial charge in [-0.25, -0.2) is 15.0 Å². The summed E-state index contributed by atoms with van der Waals surface area (Å²) in [6, 6.07) is 5.40. The van der Waals surface area contributed by atoms with Crippen molar-refractivity contribution in [2.75, 3.05) is 12.3 Å². The SMILES string of the molecule is Nc1ncnc2c1ncn2CCNC(=O)c1ccc([N+](=O)[O-])cc1. The van der Waals surface area contributed by atoms with Gasteiger partial charge in [-0.2, -0.15) is 0 Å². The molecule has 1 aromatic carbocycles. The van der Waals surface area contributed by atoms with Crippen LogP contribution in [0.2, 0.25) is 0 Å². The van der Waals surface area contributed by atoms with Crippen molar-refractivity contribution in [1.82, 2.24) is 24.8 Å². The summed E-state index contributed by atoms with van der Waals surface area (Å²) in [7, 11) is 0. The summed E-state index contributed by atoms with van der Waals surface area (Å²) in [5.41, 5.74) is 7.10. The lowest BCUT2D eigenvalue weighted by molar-refractivity contribution is -0.384. The molecule has 3 aromatic rings. The number of imidazole rings is 1. The van der Waals surface area contributed by atoms with E-state index in [1.54, 1.807) is 10.9 Å². The van der Waals surface area contributed by atoms with Crippen LogP contribution in [0.1, 0.15) is 10.4 Å². The number of fused-ring (bicyclic) bond motifs is 1. The van der Waals surface area contributed by atoms with Crippen LogP contribution < -0.4 is 11.1 Å². The number of rotatable bonds is 5. The molecule has 2 heterocycles. The number of carbonyl (C=O) groups excluding carboxylic acids is 1. The number of carbonyl (C=O) groups is 1. The van der Waals surface area contributed by atoms with Crippen molar-refractivity contribution in [2.24, 2.45) is 0 Å². The van der Waals surface area contributed by atoms with E-state index in [1.807, 2.05) is 0 Å². The van der Waals surface area contributed by atoms with Gasteiger partial charge in [-0.15, -0.1) is 0 Å². The van der Waals surface area contributed by atoms with Crippen molar-refractivity contribution < 1.29 is 9.72 Å². The van der Waals surface area contributed by atoms with E-state index in [1.165, 1.54) is 30.6 Å². The van der Waals surface area contributed by atoms with E-state index in [2.05, 4.69) is 20.3 Å². The molecule has 0 radical (unpaired) electrons. The first-order chi connectivity index (χ1) is 11.6. The van der Waals surface area contributed by atoms with Crippen LogP contribution in [0.4, 0.5) is 11.5 Å². The highest BCUT2D eigenvalue weighted by molar-refractivity contribution is 5.94. The van der Waals surface area contributed by atoms with Gasteiger partial charge in [0.1, 0.15) is 11.8 Å². The summed E-state index contributed by atoms with van der Waals surface area (Å²) in [5.74, 6) is -0.0166. The molecule has 2 aromatic heterocycles. The number of amides is 1.